The minimum absolute atomic E-state index is 0.219. The average molecular weight is 279 g/mol. The Labute approximate surface area is 119 Å². The molecule has 0 spiro atoms. The van der Waals surface area contributed by atoms with Gasteiger partial charge in [0.2, 0.25) is 5.91 Å². The van der Waals surface area contributed by atoms with E-state index in [9.17, 15) is 9.18 Å². The molecule has 3 N–H and O–H groups in total. The summed E-state index contributed by atoms with van der Waals surface area (Å²) in [6.45, 7) is 5.60. The van der Waals surface area contributed by atoms with Crippen molar-refractivity contribution in [2.75, 3.05) is 19.6 Å². The number of hydrogen-bond donors (Lipinski definition) is 2. The molecule has 0 bridgehead atoms. The highest BCUT2D eigenvalue weighted by Crippen LogP contribution is 2.18. The average Bonchev–Trinajstić information content (AvgIpc) is 2.46. The van der Waals surface area contributed by atoms with Crippen LogP contribution in [0.5, 0.6) is 0 Å². The van der Waals surface area contributed by atoms with Crippen LogP contribution in [0.2, 0.25) is 0 Å². The van der Waals surface area contributed by atoms with E-state index in [1.165, 1.54) is 6.07 Å². The zero-order valence-corrected chi connectivity index (χ0v) is 11.9. The quantitative estimate of drug-likeness (QED) is 0.858. The van der Waals surface area contributed by atoms with Crippen molar-refractivity contribution in [1.29, 1.82) is 0 Å². The molecule has 1 fully saturated rings. The lowest BCUT2D eigenvalue weighted by atomic mass is 10.0. The number of benzene rings is 1. The zero-order valence-electron chi connectivity index (χ0n) is 11.9. The second-order valence-corrected chi connectivity index (χ2v) is 5.21. The molecule has 2 rings (SSSR count). The van der Waals surface area contributed by atoms with E-state index in [1.807, 2.05) is 0 Å². The van der Waals surface area contributed by atoms with Crippen LogP contribution in [-0.4, -0.2) is 36.5 Å². The van der Waals surface area contributed by atoms with Crippen molar-refractivity contribution in [3.8, 4) is 0 Å². The molecule has 1 saturated heterocycles. The number of carbonyl (C=O) groups excluding carboxylic acids is 1. The van der Waals surface area contributed by atoms with Gasteiger partial charge in [-0.25, -0.2) is 4.39 Å². The summed E-state index contributed by atoms with van der Waals surface area (Å²) in [7, 11) is 0. The molecule has 1 aromatic carbocycles. The van der Waals surface area contributed by atoms with Crippen molar-refractivity contribution in [3.05, 3.63) is 35.1 Å². The summed E-state index contributed by atoms with van der Waals surface area (Å²) in [6.07, 6.45) is 2.18. The smallest absolute Gasteiger partial charge is 0.248 e. The first-order valence-corrected chi connectivity index (χ1v) is 7.14. The van der Waals surface area contributed by atoms with Crippen molar-refractivity contribution < 1.29 is 9.18 Å². The zero-order chi connectivity index (χ0) is 14.5. The van der Waals surface area contributed by atoms with Crippen LogP contribution in [0, 0.1) is 5.82 Å². The third-order valence-electron chi connectivity index (χ3n) is 3.94. The molecule has 0 aromatic heterocycles. The van der Waals surface area contributed by atoms with Crippen molar-refractivity contribution in [1.82, 2.24) is 10.2 Å². The van der Waals surface area contributed by atoms with E-state index in [-0.39, 0.29) is 11.4 Å². The molecule has 1 aromatic rings. The summed E-state index contributed by atoms with van der Waals surface area (Å²) in [5.74, 6) is -0.949. The molecule has 0 radical (unpaired) electrons. The Balaban J connectivity index is 2.08. The predicted molar refractivity (Wildman–Crippen MR) is 76.9 cm³/mol. The van der Waals surface area contributed by atoms with Gasteiger partial charge in [0, 0.05) is 23.7 Å². The van der Waals surface area contributed by atoms with Crippen LogP contribution in [0.3, 0.4) is 0 Å². The van der Waals surface area contributed by atoms with Gasteiger partial charge in [0.1, 0.15) is 5.82 Å². The monoisotopic (exact) mass is 279 g/mol. The van der Waals surface area contributed by atoms with Crippen LogP contribution in [0.25, 0.3) is 0 Å². The minimum Gasteiger partial charge on any atom is -0.366 e. The number of amides is 1. The first kappa shape index (κ1) is 14.9. The molecular formula is C15H22FN3O. The lowest BCUT2D eigenvalue weighted by Gasteiger charge is -2.34. The molecule has 0 saturated carbocycles. The highest BCUT2D eigenvalue weighted by Gasteiger charge is 2.20. The highest BCUT2D eigenvalue weighted by atomic mass is 19.1. The number of rotatable bonds is 5. The summed E-state index contributed by atoms with van der Waals surface area (Å²) in [4.78, 5) is 13.3. The standard InChI is InChI=1S/C15H22FN3O/c1-2-19(13-5-7-18-8-6-13)10-12-4-3-11(15(17)20)9-14(12)16/h3-4,9,13,18H,2,5-8,10H2,1H3,(H2,17,20). The molecule has 1 heterocycles. The third-order valence-corrected chi connectivity index (χ3v) is 3.94. The molecule has 0 atom stereocenters. The van der Waals surface area contributed by atoms with Gasteiger partial charge in [-0.05, 0) is 44.6 Å². The Morgan fingerprint density at radius 3 is 2.70 bits per heavy atom. The van der Waals surface area contributed by atoms with E-state index in [0.29, 0.717) is 18.2 Å². The fraction of sp³-hybridized carbons (Fsp3) is 0.533. The summed E-state index contributed by atoms with van der Waals surface area (Å²) < 4.78 is 14.0. The number of nitrogens with one attached hydrogen (secondary N) is 1. The van der Waals surface area contributed by atoms with E-state index < -0.39 is 5.91 Å². The van der Waals surface area contributed by atoms with E-state index in [2.05, 4.69) is 17.1 Å². The number of carbonyl (C=O) groups is 1. The van der Waals surface area contributed by atoms with Gasteiger partial charge in [-0.1, -0.05) is 13.0 Å². The molecule has 1 aliphatic rings. The highest BCUT2D eigenvalue weighted by molar-refractivity contribution is 5.92. The fourth-order valence-electron chi connectivity index (χ4n) is 2.72. The minimum atomic E-state index is -0.596. The molecule has 1 amide bonds. The van der Waals surface area contributed by atoms with E-state index in [0.717, 1.165) is 32.5 Å². The molecule has 5 heteroatoms. The number of hydrogen-bond acceptors (Lipinski definition) is 3. The Morgan fingerprint density at radius 2 is 2.15 bits per heavy atom. The number of halogens is 1. The van der Waals surface area contributed by atoms with Gasteiger partial charge >= 0.3 is 0 Å². The van der Waals surface area contributed by atoms with E-state index in [4.69, 9.17) is 5.73 Å². The van der Waals surface area contributed by atoms with Gasteiger partial charge < -0.3 is 11.1 Å². The Kier molecular flexibility index (Phi) is 5.09. The maximum absolute atomic E-state index is 14.0. The summed E-state index contributed by atoms with van der Waals surface area (Å²) in [5, 5.41) is 3.34. The molecule has 0 aliphatic carbocycles. The molecule has 1 aliphatic heterocycles. The summed E-state index contributed by atoms with van der Waals surface area (Å²) >= 11 is 0. The molecule has 0 unspecified atom stereocenters. The second-order valence-electron chi connectivity index (χ2n) is 5.21. The molecule has 4 nitrogen and oxygen atoms in total. The lowest BCUT2D eigenvalue weighted by molar-refractivity contribution is 0.0999. The maximum Gasteiger partial charge on any atom is 0.248 e. The first-order valence-electron chi connectivity index (χ1n) is 7.14. The molecular weight excluding hydrogens is 257 g/mol. The van der Waals surface area contributed by atoms with Crippen molar-refractivity contribution in [2.45, 2.75) is 32.4 Å². The van der Waals surface area contributed by atoms with Crippen molar-refractivity contribution in [2.24, 2.45) is 5.73 Å². The van der Waals surface area contributed by atoms with E-state index >= 15 is 0 Å². The topological polar surface area (TPSA) is 58.4 Å². The van der Waals surface area contributed by atoms with Crippen molar-refractivity contribution in [3.63, 3.8) is 0 Å². The maximum atomic E-state index is 14.0. The van der Waals surface area contributed by atoms with E-state index in [1.54, 1.807) is 12.1 Å². The van der Waals surface area contributed by atoms with Gasteiger partial charge in [0.25, 0.3) is 0 Å². The van der Waals surface area contributed by atoms with Gasteiger partial charge in [-0.15, -0.1) is 0 Å². The van der Waals surface area contributed by atoms with Gasteiger partial charge in [-0.3, -0.25) is 9.69 Å². The number of nitrogens with two attached hydrogens (primary N) is 1. The Morgan fingerprint density at radius 1 is 1.45 bits per heavy atom. The number of nitrogens with zero attached hydrogens (tertiary/aromatic N) is 1. The van der Waals surface area contributed by atoms with Crippen LogP contribution in [-0.2, 0) is 6.54 Å². The van der Waals surface area contributed by atoms with Crippen LogP contribution < -0.4 is 11.1 Å². The Hall–Kier alpha value is -1.46. The predicted octanol–water partition coefficient (Wildman–Crippen LogP) is 1.50. The second kappa shape index (κ2) is 6.81. The fourth-order valence-corrected chi connectivity index (χ4v) is 2.72. The summed E-state index contributed by atoms with van der Waals surface area (Å²) in [5.41, 5.74) is 5.99. The van der Waals surface area contributed by atoms with Crippen LogP contribution in [0.15, 0.2) is 18.2 Å². The van der Waals surface area contributed by atoms with Crippen LogP contribution >= 0.6 is 0 Å². The number of piperidine rings is 1. The number of primary amides is 1. The SMILES string of the molecule is CCN(Cc1ccc(C(N)=O)cc1F)C1CCNCC1. The lowest BCUT2D eigenvalue weighted by Crippen LogP contribution is -2.42. The Bertz CT molecular complexity index is 472. The summed E-state index contributed by atoms with van der Waals surface area (Å²) in [6, 6.07) is 4.99. The first-order chi connectivity index (χ1) is 9.61. The third kappa shape index (κ3) is 3.55. The molecule has 110 valence electrons. The van der Waals surface area contributed by atoms with Gasteiger partial charge in [-0.2, -0.15) is 0 Å². The van der Waals surface area contributed by atoms with Crippen LogP contribution in [0.4, 0.5) is 4.39 Å². The van der Waals surface area contributed by atoms with Crippen LogP contribution in [0.1, 0.15) is 35.7 Å². The van der Waals surface area contributed by atoms with Crippen molar-refractivity contribution >= 4 is 5.91 Å². The normalized spacial score (nSPS) is 16.6. The largest absolute Gasteiger partial charge is 0.366 e. The van der Waals surface area contributed by atoms with Gasteiger partial charge in [0.15, 0.2) is 0 Å². The molecule has 20 heavy (non-hydrogen) atoms. The van der Waals surface area contributed by atoms with Gasteiger partial charge in [0.05, 0.1) is 0 Å².